The molecule has 2 bridgehead atoms. The minimum absolute atomic E-state index is 0.156. The summed E-state index contributed by atoms with van der Waals surface area (Å²) in [6, 6.07) is 58.6. The summed E-state index contributed by atoms with van der Waals surface area (Å²) >= 11 is 0. The quantitative estimate of drug-likeness (QED) is 0.169. The zero-order valence-corrected chi connectivity index (χ0v) is 34.9. The van der Waals surface area contributed by atoms with Crippen molar-refractivity contribution >= 4 is 27.8 Å². The molecule has 7 aromatic carbocycles. The Morgan fingerprint density at radius 3 is 1.98 bits per heavy atom. The predicted molar refractivity (Wildman–Crippen MR) is 246 cm³/mol. The van der Waals surface area contributed by atoms with Gasteiger partial charge in [-0.2, -0.15) is 0 Å². The number of benzene rings is 7. The zero-order chi connectivity index (χ0) is 39.5. The zero-order valence-electron chi connectivity index (χ0n) is 34.9. The van der Waals surface area contributed by atoms with E-state index in [1.807, 2.05) is 0 Å². The first-order chi connectivity index (χ1) is 28.7. The maximum atomic E-state index is 2.65. The molecular weight excluding hydrogens is 711 g/mol. The van der Waals surface area contributed by atoms with Crippen molar-refractivity contribution < 1.29 is 0 Å². The van der Waals surface area contributed by atoms with Crippen LogP contribution in [0.5, 0.6) is 0 Å². The topological polar surface area (TPSA) is 3.24 Å². The summed E-state index contributed by atoms with van der Waals surface area (Å²) in [4.78, 5) is 2.55. The van der Waals surface area contributed by atoms with Gasteiger partial charge in [-0.05, 0) is 181 Å². The summed E-state index contributed by atoms with van der Waals surface area (Å²) < 4.78 is 0. The van der Waals surface area contributed by atoms with Crippen molar-refractivity contribution in [2.24, 2.45) is 29.1 Å². The van der Waals surface area contributed by atoms with Crippen LogP contribution in [0, 0.1) is 29.1 Å². The van der Waals surface area contributed by atoms with E-state index in [9.17, 15) is 0 Å². The largest absolute Gasteiger partial charge is 0.310 e. The molecule has 4 saturated carbocycles. The van der Waals surface area contributed by atoms with E-state index in [-0.39, 0.29) is 16.2 Å². The number of fused-ring (bicyclic) bond motifs is 10. The normalized spacial score (nSPS) is 28.0. The van der Waals surface area contributed by atoms with Crippen molar-refractivity contribution in [2.75, 3.05) is 4.90 Å². The van der Waals surface area contributed by atoms with Crippen molar-refractivity contribution in [3.8, 4) is 33.4 Å². The van der Waals surface area contributed by atoms with Gasteiger partial charge in [-0.25, -0.2) is 0 Å². The molecule has 0 saturated heterocycles. The predicted octanol–water partition coefficient (Wildman–Crippen LogP) is 15.3. The first kappa shape index (κ1) is 34.5. The standard InChI is InChI=1S/C58H53N/c1-55(2)27-28-56(3,4)52-32-40(21-26-50(52)55)39-13-9-14-43(31-39)59(42-22-19-38(20-23-42)46-17-10-12-37-11-5-6-15-45(37)46)44-24-25-48-47-16-7-8-18-49(47)58(51(48)34-44)53-30-36-29-41-33-54(58)57(41,53)35-36/h5-26,31-32,34,36,41,53-54H,27-30,33,35H2,1-4H3. The summed E-state index contributed by atoms with van der Waals surface area (Å²) in [6.07, 6.45) is 8.27. The lowest BCUT2D eigenvalue weighted by Gasteiger charge is -2.76. The van der Waals surface area contributed by atoms with E-state index in [1.54, 1.807) is 11.1 Å². The van der Waals surface area contributed by atoms with Crippen LogP contribution in [0.25, 0.3) is 44.2 Å². The molecule has 0 heterocycles. The van der Waals surface area contributed by atoms with Crippen molar-refractivity contribution in [3.63, 3.8) is 0 Å². The molecule has 7 aromatic rings. The molecule has 4 fully saturated rings. The van der Waals surface area contributed by atoms with Gasteiger partial charge in [-0.1, -0.05) is 143 Å². The average molecular weight is 764 g/mol. The maximum absolute atomic E-state index is 2.65. The van der Waals surface area contributed by atoms with Gasteiger partial charge in [0.05, 0.1) is 0 Å². The van der Waals surface area contributed by atoms with Crippen LogP contribution in [0.2, 0.25) is 0 Å². The molecule has 6 aliphatic carbocycles. The number of hydrogen-bond acceptors (Lipinski definition) is 1. The Hall–Kier alpha value is -5.40. The third kappa shape index (κ3) is 4.42. The summed E-state index contributed by atoms with van der Waals surface area (Å²) in [7, 11) is 0. The molecule has 290 valence electrons. The van der Waals surface area contributed by atoms with Gasteiger partial charge in [0.1, 0.15) is 0 Å². The van der Waals surface area contributed by atoms with E-state index < -0.39 is 0 Å². The minimum Gasteiger partial charge on any atom is -0.310 e. The van der Waals surface area contributed by atoms with E-state index in [2.05, 4.69) is 184 Å². The van der Waals surface area contributed by atoms with Crippen LogP contribution in [0.15, 0.2) is 152 Å². The van der Waals surface area contributed by atoms with Crippen LogP contribution < -0.4 is 4.90 Å². The lowest BCUT2D eigenvalue weighted by molar-refractivity contribution is -0.231. The van der Waals surface area contributed by atoms with Crippen molar-refractivity contribution in [2.45, 2.75) is 82.5 Å². The second-order valence-corrected chi connectivity index (χ2v) is 20.8. The first-order valence-electron chi connectivity index (χ1n) is 22.6. The lowest BCUT2D eigenvalue weighted by atomic mass is 9.27. The second-order valence-electron chi connectivity index (χ2n) is 20.8. The van der Waals surface area contributed by atoms with Crippen LogP contribution in [-0.4, -0.2) is 0 Å². The fourth-order valence-corrected chi connectivity index (χ4v) is 14.8. The van der Waals surface area contributed by atoms with Gasteiger partial charge in [0.15, 0.2) is 0 Å². The Balaban J connectivity index is 0.970. The fraction of sp³-hybridized carbons (Fsp3) is 0.310. The number of nitrogens with zero attached hydrogens (tertiary/aromatic N) is 1. The Morgan fingerprint density at radius 1 is 0.458 bits per heavy atom. The van der Waals surface area contributed by atoms with E-state index in [0.717, 1.165) is 23.7 Å². The van der Waals surface area contributed by atoms with Gasteiger partial charge in [-0.15, -0.1) is 0 Å². The minimum atomic E-state index is 0.156. The molecule has 2 spiro atoms. The highest BCUT2D eigenvalue weighted by Gasteiger charge is 2.84. The van der Waals surface area contributed by atoms with Gasteiger partial charge in [0.25, 0.3) is 0 Å². The van der Waals surface area contributed by atoms with Gasteiger partial charge in [0, 0.05) is 22.5 Å². The fourth-order valence-electron chi connectivity index (χ4n) is 14.8. The molecule has 0 N–H and O–H groups in total. The summed E-state index contributed by atoms with van der Waals surface area (Å²) in [5.74, 6) is 3.48. The van der Waals surface area contributed by atoms with E-state index in [1.165, 1.54) is 111 Å². The summed E-state index contributed by atoms with van der Waals surface area (Å²) in [5, 5.41) is 2.57. The third-order valence-corrected chi connectivity index (χ3v) is 17.4. The van der Waals surface area contributed by atoms with Crippen molar-refractivity contribution in [3.05, 3.63) is 174 Å². The van der Waals surface area contributed by atoms with Crippen LogP contribution >= 0.6 is 0 Å². The molecule has 0 amide bonds. The SMILES string of the molecule is CC1(C)CCC(C)(C)c2cc(-c3cccc(N(c4ccc(-c5cccc6ccccc56)cc4)c4ccc5c(c4)C4(c6ccccc6-5)C5CC6CC7CC4C75C6)c3)ccc21. The maximum Gasteiger partial charge on any atom is 0.0467 e. The highest BCUT2D eigenvalue weighted by atomic mass is 15.1. The monoisotopic (exact) mass is 763 g/mol. The summed E-state index contributed by atoms with van der Waals surface area (Å²) in [6.45, 7) is 9.73. The van der Waals surface area contributed by atoms with Crippen LogP contribution in [0.4, 0.5) is 17.1 Å². The summed E-state index contributed by atoms with van der Waals surface area (Å²) in [5.41, 5.74) is 19.1. The Bertz CT molecular complexity index is 2890. The number of hydrogen-bond donors (Lipinski definition) is 0. The van der Waals surface area contributed by atoms with Gasteiger partial charge >= 0.3 is 0 Å². The highest BCUT2D eigenvalue weighted by molar-refractivity contribution is 5.97. The van der Waals surface area contributed by atoms with Crippen molar-refractivity contribution in [1.29, 1.82) is 0 Å². The molecule has 59 heavy (non-hydrogen) atoms. The lowest BCUT2D eigenvalue weighted by Crippen LogP contribution is -2.73. The highest BCUT2D eigenvalue weighted by Crippen LogP contribution is 2.89. The molecule has 6 atom stereocenters. The molecule has 6 unspecified atom stereocenters. The smallest absolute Gasteiger partial charge is 0.0467 e. The van der Waals surface area contributed by atoms with Gasteiger partial charge in [-0.3, -0.25) is 0 Å². The Morgan fingerprint density at radius 2 is 1.12 bits per heavy atom. The van der Waals surface area contributed by atoms with Crippen LogP contribution in [0.3, 0.4) is 0 Å². The number of rotatable bonds is 5. The average Bonchev–Trinajstić information content (AvgIpc) is 3.89. The van der Waals surface area contributed by atoms with E-state index in [4.69, 9.17) is 0 Å². The molecule has 1 nitrogen and oxygen atoms in total. The molecule has 0 aromatic heterocycles. The molecule has 1 heteroatoms. The molecular formula is C58H53N. The third-order valence-electron chi connectivity index (χ3n) is 17.4. The Kier molecular flexibility index (Phi) is 6.81. The molecule has 13 rings (SSSR count). The Labute approximate surface area is 350 Å². The van der Waals surface area contributed by atoms with Crippen LogP contribution in [0.1, 0.15) is 88.5 Å². The van der Waals surface area contributed by atoms with Gasteiger partial charge < -0.3 is 4.90 Å². The molecule has 6 aliphatic rings. The van der Waals surface area contributed by atoms with Crippen molar-refractivity contribution in [1.82, 2.24) is 0 Å². The van der Waals surface area contributed by atoms with E-state index >= 15 is 0 Å². The van der Waals surface area contributed by atoms with Crippen LogP contribution in [-0.2, 0) is 16.2 Å². The molecule has 0 radical (unpaired) electrons. The van der Waals surface area contributed by atoms with Gasteiger partial charge in [0.2, 0.25) is 0 Å². The van der Waals surface area contributed by atoms with E-state index in [0.29, 0.717) is 5.41 Å². The second kappa shape index (κ2) is 11.7. The molecule has 0 aliphatic heterocycles. The number of anilines is 3. The first-order valence-corrected chi connectivity index (χ1v) is 22.6.